The second-order valence-corrected chi connectivity index (χ2v) is 6.41. The van der Waals surface area contributed by atoms with Crippen molar-refractivity contribution in [1.82, 2.24) is 4.57 Å². The number of hydrogen-bond donors (Lipinski definition) is 0. The van der Waals surface area contributed by atoms with E-state index in [1.807, 2.05) is 48.9 Å². The van der Waals surface area contributed by atoms with Crippen molar-refractivity contribution in [2.45, 2.75) is 6.92 Å². The van der Waals surface area contributed by atoms with Crippen molar-refractivity contribution in [1.29, 1.82) is 0 Å². The normalized spacial score (nSPS) is 13.7. The van der Waals surface area contributed by atoms with Gasteiger partial charge in [-0.2, -0.15) is 4.99 Å². The summed E-state index contributed by atoms with van der Waals surface area (Å²) in [5, 5.41) is 0. The average molecular weight is 326 g/mol. The zero-order valence-electron chi connectivity index (χ0n) is 12.7. The maximum atomic E-state index is 12.4. The summed E-state index contributed by atoms with van der Waals surface area (Å²) < 4.78 is 13.7. The van der Waals surface area contributed by atoms with E-state index >= 15 is 0 Å². The molecule has 0 saturated carbocycles. The van der Waals surface area contributed by atoms with Crippen LogP contribution in [0.4, 0.5) is 0 Å². The average Bonchev–Trinajstić information content (AvgIpc) is 3.10. The number of ether oxygens (including phenoxy) is 2. The topological polar surface area (TPSA) is 52.8 Å². The van der Waals surface area contributed by atoms with Crippen LogP contribution in [0.25, 0.3) is 10.2 Å². The van der Waals surface area contributed by atoms with E-state index in [-0.39, 0.29) is 12.7 Å². The second-order valence-electron chi connectivity index (χ2n) is 5.40. The quantitative estimate of drug-likeness (QED) is 0.691. The molecule has 0 bridgehead atoms. The molecular weight excluding hydrogens is 312 g/mol. The number of amides is 1. The van der Waals surface area contributed by atoms with Gasteiger partial charge < -0.3 is 14.0 Å². The van der Waals surface area contributed by atoms with Crippen LogP contribution in [-0.4, -0.2) is 17.3 Å². The number of nitrogens with zero attached hydrogens (tertiary/aromatic N) is 2. The highest BCUT2D eigenvalue weighted by Crippen LogP contribution is 2.36. The summed E-state index contributed by atoms with van der Waals surface area (Å²) in [4.78, 5) is 17.3. The first-order valence-corrected chi connectivity index (χ1v) is 7.98. The molecule has 1 aromatic heterocycles. The van der Waals surface area contributed by atoms with Gasteiger partial charge in [-0.1, -0.05) is 29.0 Å². The molecule has 0 saturated heterocycles. The first-order chi connectivity index (χ1) is 11.1. The third kappa shape index (κ3) is 2.41. The third-order valence-corrected chi connectivity index (χ3v) is 4.86. The van der Waals surface area contributed by atoms with Gasteiger partial charge in [-0.25, -0.2) is 0 Å². The maximum absolute atomic E-state index is 12.4. The lowest BCUT2D eigenvalue weighted by Crippen LogP contribution is -2.13. The molecule has 5 nitrogen and oxygen atoms in total. The van der Waals surface area contributed by atoms with Crippen molar-refractivity contribution >= 4 is 27.5 Å². The Hall–Kier alpha value is -2.60. The summed E-state index contributed by atoms with van der Waals surface area (Å²) in [6.07, 6.45) is 0. The fraction of sp³-hybridized carbons (Fsp3) is 0.176. The first-order valence-electron chi connectivity index (χ1n) is 7.17. The van der Waals surface area contributed by atoms with E-state index in [1.165, 1.54) is 11.3 Å². The summed E-state index contributed by atoms with van der Waals surface area (Å²) >= 11 is 1.46. The van der Waals surface area contributed by atoms with Crippen molar-refractivity contribution in [2.24, 2.45) is 12.0 Å². The summed E-state index contributed by atoms with van der Waals surface area (Å²) in [7, 11) is 1.89. The van der Waals surface area contributed by atoms with Crippen LogP contribution in [-0.2, 0) is 7.05 Å². The predicted molar refractivity (Wildman–Crippen MR) is 88.0 cm³/mol. The molecule has 0 aliphatic carbocycles. The summed E-state index contributed by atoms with van der Waals surface area (Å²) in [5.41, 5.74) is 2.60. The van der Waals surface area contributed by atoms with Crippen LogP contribution in [0.1, 0.15) is 15.9 Å². The number of benzene rings is 2. The largest absolute Gasteiger partial charge is 0.454 e. The molecule has 0 spiro atoms. The van der Waals surface area contributed by atoms with E-state index in [0.29, 0.717) is 10.4 Å². The Bertz CT molecular complexity index is 1000. The molecule has 2 heterocycles. The number of carbonyl (C=O) groups excluding carboxylic acids is 1. The molecule has 23 heavy (non-hydrogen) atoms. The minimum absolute atomic E-state index is 0.240. The molecule has 116 valence electrons. The molecule has 6 heteroatoms. The smallest absolute Gasteiger partial charge is 0.279 e. The fourth-order valence-electron chi connectivity index (χ4n) is 2.55. The highest BCUT2D eigenvalue weighted by atomic mass is 32.1. The van der Waals surface area contributed by atoms with Crippen LogP contribution < -0.4 is 14.3 Å². The fourth-order valence-corrected chi connectivity index (χ4v) is 3.58. The number of aryl methyl sites for hydroxylation is 2. The zero-order chi connectivity index (χ0) is 16.0. The molecule has 3 aromatic rings. The molecule has 0 N–H and O–H groups in total. The van der Waals surface area contributed by atoms with E-state index < -0.39 is 0 Å². The van der Waals surface area contributed by atoms with Crippen LogP contribution in [0, 0.1) is 6.92 Å². The molecular formula is C17H14N2O3S. The van der Waals surface area contributed by atoms with Gasteiger partial charge in [-0.3, -0.25) is 4.79 Å². The van der Waals surface area contributed by atoms with Gasteiger partial charge in [0.15, 0.2) is 16.3 Å². The highest BCUT2D eigenvalue weighted by Gasteiger charge is 2.17. The summed E-state index contributed by atoms with van der Waals surface area (Å²) in [6, 6.07) is 11.3. The maximum Gasteiger partial charge on any atom is 0.279 e. The van der Waals surface area contributed by atoms with E-state index in [0.717, 1.165) is 27.3 Å². The van der Waals surface area contributed by atoms with Gasteiger partial charge in [-0.15, -0.1) is 0 Å². The number of hydrogen-bond acceptors (Lipinski definition) is 4. The van der Waals surface area contributed by atoms with Crippen LogP contribution in [0.5, 0.6) is 11.5 Å². The van der Waals surface area contributed by atoms with E-state index in [1.54, 1.807) is 6.07 Å². The molecule has 1 amide bonds. The number of aromatic nitrogens is 1. The summed E-state index contributed by atoms with van der Waals surface area (Å²) in [5.74, 6) is 1.22. The first kappa shape index (κ1) is 14.0. The lowest BCUT2D eigenvalue weighted by molar-refractivity contribution is 0.0998. The van der Waals surface area contributed by atoms with Gasteiger partial charge >= 0.3 is 0 Å². The molecule has 1 aliphatic rings. The molecule has 0 atom stereocenters. The minimum atomic E-state index is -0.240. The van der Waals surface area contributed by atoms with Crippen molar-refractivity contribution in [3.8, 4) is 11.5 Å². The Morgan fingerprint density at radius 3 is 2.78 bits per heavy atom. The standard InChI is InChI=1S/C17H14N2O3S/c1-10-4-3-5-11(6-10)16(20)18-17-19(2)12-7-13-14(22-9-21-13)8-15(12)23-17/h3-8H,9H2,1-2H3. The summed E-state index contributed by atoms with van der Waals surface area (Å²) in [6.45, 7) is 2.21. The molecule has 0 unspecified atom stereocenters. The second kappa shape index (κ2) is 5.24. The lowest BCUT2D eigenvalue weighted by atomic mass is 10.1. The van der Waals surface area contributed by atoms with Crippen LogP contribution in [0.15, 0.2) is 41.4 Å². The van der Waals surface area contributed by atoms with E-state index in [2.05, 4.69) is 4.99 Å². The monoisotopic (exact) mass is 326 g/mol. The molecule has 2 aromatic carbocycles. The van der Waals surface area contributed by atoms with E-state index in [4.69, 9.17) is 9.47 Å². The van der Waals surface area contributed by atoms with Gasteiger partial charge in [0.25, 0.3) is 5.91 Å². The zero-order valence-corrected chi connectivity index (χ0v) is 13.5. The van der Waals surface area contributed by atoms with Gasteiger partial charge in [0.2, 0.25) is 6.79 Å². The molecule has 4 rings (SSSR count). The van der Waals surface area contributed by atoms with E-state index in [9.17, 15) is 4.79 Å². The van der Waals surface area contributed by atoms with Crippen molar-refractivity contribution < 1.29 is 14.3 Å². The highest BCUT2D eigenvalue weighted by molar-refractivity contribution is 7.16. The SMILES string of the molecule is Cc1cccc(C(=O)N=c2sc3cc4c(cc3n2C)OCO4)c1. The number of fused-ring (bicyclic) bond motifs is 2. The Balaban J connectivity index is 1.82. The Morgan fingerprint density at radius 2 is 2.00 bits per heavy atom. The molecule has 0 radical (unpaired) electrons. The van der Waals surface area contributed by atoms with Crippen LogP contribution in [0.3, 0.4) is 0 Å². The van der Waals surface area contributed by atoms with Crippen molar-refractivity contribution in [2.75, 3.05) is 6.79 Å². The molecule has 0 fully saturated rings. The Morgan fingerprint density at radius 1 is 1.22 bits per heavy atom. The van der Waals surface area contributed by atoms with Gasteiger partial charge in [0.1, 0.15) is 0 Å². The Labute approximate surface area is 136 Å². The minimum Gasteiger partial charge on any atom is -0.454 e. The Kier molecular flexibility index (Phi) is 3.20. The van der Waals surface area contributed by atoms with Gasteiger partial charge in [0, 0.05) is 24.7 Å². The van der Waals surface area contributed by atoms with Crippen molar-refractivity contribution in [3.05, 3.63) is 52.3 Å². The molecule has 1 aliphatic heterocycles. The van der Waals surface area contributed by atoms with Crippen molar-refractivity contribution in [3.63, 3.8) is 0 Å². The number of rotatable bonds is 1. The number of carbonyl (C=O) groups is 1. The predicted octanol–water partition coefficient (Wildman–Crippen LogP) is 3.02. The number of thiazole rings is 1. The van der Waals surface area contributed by atoms with Gasteiger partial charge in [-0.05, 0) is 19.1 Å². The lowest BCUT2D eigenvalue weighted by Gasteiger charge is -1.98. The van der Waals surface area contributed by atoms with Crippen LogP contribution in [0.2, 0.25) is 0 Å². The van der Waals surface area contributed by atoms with Crippen LogP contribution >= 0.6 is 11.3 Å². The third-order valence-electron chi connectivity index (χ3n) is 3.77. The van der Waals surface area contributed by atoms with Gasteiger partial charge in [0.05, 0.1) is 10.2 Å².